The molecule has 7 nitrogen and oxygen atoms in total. The molecule has 154 valence electrons. The Morgan fingerprint density at radius 2 is 1.45 bits per heavy atom. The van der Waals surface area contributed by atoms with Crippen LogP contribution in [0.5, 0.6) is 34.5 Å². The van der Waals surface area contributed by atoms with Gasteiger partial charge >= 0.3 is 0 Å². The van der Waals surface area contributed by atoms with Gasteiger partial charge in [-0.05, 0) is 54.1 Å². The van der Waals surface area contributed by atoms with Crippen molar-refractivity contribution in [2.75, 3.05) is 13.6 Å². The van der Waals surface area contributed by atoms with Gasteiger partial charge in [0.15, 0.2) is 34.9 Å². The van der Waals surface area contributed by atoms with Crippen molar-refractivity contribution in [1.82, 2.24) is 0 Å². The lowest BCUT2D eigenvalue weighted by Gasteiger charge is -2.28. The highest BCUT2D eigenvalue weighted by molar-refractivity contribution is 6.15. The number of fused-ring (bicyclic) bond motifs is 3. The van der Waals surface area contributed by atoms with E-state index in [0.29, 0.717) is 39.9 Å². The Kier molecular flexibility index (Phi) is 3.83. The lowest BCUT2D eigenvalue weighted by atomic mass is 9.89. The Morgan fingerprint density at radius 1 is 0.774 bits per heavy atom. The molecule has 3 aromatic rings. The smallest absolute Gasteiger partial charge is 0.231 e. The number of rotatable bonds is 2. The zero-order valence-electron chi connectivity index (χ0n) is 16.2. The third kappa shape index (κ3) is 2.93. The van der Waals surface area contributed by atoms with Crippen LogP contribution in [0.4, 0.5) is 0 Å². The van der Waals surface area contributed by atoms with E-state index in [9.17, 15) is 9.90 Å². The van der Waals surface area contributed by atoms with Gasteiger partial charge in [0.05, 0.1) is 5.56 Å². The number of benzene rings is 3. The van der Waals surface area contributed by atoms with Crippen molar-refractivity contribution in [3.63, 3.8) is 0 Å². The van der Waals surface area contributed by atoms with E-state index < -0.39 is 6.10 Å². The standard InChI is InChI=1S/C24H16O7/c25-15-3-6-18-16(10-15)23(26)17(7-13-1-4-19-21(8-13)29-11-27-19)24(31-18)14-2-5-20-22(9-14)30-12-28-20/h1-10,24-25H,11-12H2/b17-7+. The number of hydrogen-bond acceptors (Lipinski definition) is 7. The molecule has 0 bridgehead atoms. The van der Waals surface area contributed by atoms with Gasteiger partial charge < -0.3 is 28.8 Å². The van der Waals surface area contributed by atoms with Crippen molar-refractivity contribution >= 4 is 11.9 Å². The lowest BCUT2D eigenvalue weighted by Crippen LogP contribution is -2.23. The topological polar surface area (TPSA) is 83.5 Å². The van der Waals surface area contributed by atoms with Crippen molar-refractivity contribution in [2.24, 2.45) is 0 Å². The van der Waals surface area contributed by atoms with Gasteiger partial charge in [-0.1, -0.05) is 12.1 Å². The number of hydrogen-bond donors (Lipinski definition) is 1. The van der Waals surface area contributed by atoms with E-state index in [1.807, 2.05) is 24.3 Å². The highest BCUT2D eigenvalue weighted by Gasteiger charge is 2.34. The van der Waals surface area contributed by atoms with Crippen molar-refractivity contribution in [3.05, 3.63) is 76.9 Å². The molecule has 6 rings (SSSR count). The largest absolute Gasteiger partial charge is 0.508 e. The fourth-order valence-electron chi connectivity index (χ4n) is 3.91. The molecule has 0 saturated heterocycles. The minimum Gasteiger partial charge on any atom is -0.508 e. The molecule has 3 aliphatic heterocycles. The van der Waals surface area contributed by atoms with E-state index in [1.54, 1.807) is 24.3 Å². The van der Waals surface area contributed by atoms with E-state index >= 15 is 0 Å². The Balaban J connectivity index is 1.48. The average Bonchev–Trinajstić information content (AvgIpc) is 3.44. The van der Waals surface area contributed by atoms with Crippen LogP contribution in [0.1, 0.15) is 27.6 Å². The van der Waals surface area contributed by atoms with E-state index in [2.05, 4.69) is 0 Å². The van der Waals surface area contributed by atoms with Gasteiger partial charge in [0.2, 0.25) is 13.6 Å². The molecular weight excluding hydrogens is 400 g/mol. The quantitative estimate of drug-likeness (QED) is 0.626. The summed E-state index contributed by atoms with van der Waals surface area (Å²) in [7, 11) is 0. The van der Waals surface area contributed by atoms with Crippen LogP contribution in [0.3, 0.4) is 0 Å². The summed E-state index contributed by atoms with van der Waals surface area (Å²) in [5.74, 6) is 2.72. The molecule has 0 saturated carbocycles. The summed E-state index contributed by atoms with van der Waals surface area (Å²) in [5, 5.41) is 9.89. The minimum atomic E-state index is -0.663. The Bertz CT molecular complexity index is 1260. The third-order valence-corrected chi connectivity index (χ3v) is 5.42. The van der Waals surface area contributed by atoms with Crippen LogP contribution in [0.25, 0.3) is 6.08 Å². The van der Waals surface area contributed by atoms with E-state index in [0.717, 1.165) is 11.1 Å². The summed E-state index contributed by atoms with van der Waals surface area (Å²) in [6.07, 6.45) is 1.11. The highest BCUT2D eigenvalue weighted by Crippen LogP contribution is 2.43. The number of Topliss-reactive ketones (excluding diaryl/α,β-unsaturated/α-hetero) is 1. The molecule has 0 spiro atoms. The predicted molar refractivity (Wildman–Crippen MR) is 109 cm³/mol. The first kappa shape index (κ1) is 17.7. The van der Waals surface area contributed by atoms with Crippen molar-refractivity contribution in [2.45, 2.75) is 6.10 Å². The summed E-state index contributed by atoms with van der Waals surface area (Å²) in [4.78, 5) is 13.5. The number of phenols is 1. The number of aromatic hydroxyl groups is 1. The van der Waals surface area contributed by atoms with Crippen molar-refractivity contribution in [1.29, 1.82) is 0 Å². The second kappa shape index (κ2) is 6.70. The number of ketones is 1. The molecule has 0 aliphatic carbocycles. The molecule has 0 amide bonds. The van der Waals surface area contributed by atoms with Gasteiger partial charge in [-0.3, -0.25) is 4.79 Å². The normalized spacial score (nSPS) is 19.3. The maximum Gasteiger partial charge on any atom is 0.231 e. The summed E-state index contributed by atoms with van der Waals surface area (Å²) < 4.78 is 28.0. The molecule has 0 radical (unpaired) electrons. The van der Waals surface area contributed by atoms with Crippen LogP contribution in [-0.4, -0.2) is 24.5 Å². The molecule has 0 fully saturated rings. The molecule has 1 N–H and O–H groups in total. The van der Waals surface area contributed by atoms with Crippen LogP contribution >= 0.6 is 0 Å². The van der Waals surface area contributed by atoms with Gasteiger partial charge in [-0.15, -0.1) is 0 Å². The van der Waals surface area contributed by atoms with Gasteiger partial charge in [-0.2, -0.15) is 0 Å². The van der Waals surface area contributed by atoms with Crippen LogP contribution in [0, 0.1) is 0 Å². The molecule has 3 aliphatic rings. The van der Waals surface area contributed by atoms with Gasteiger partial charge in [0, 0.05) is 11.1 Å². The minimum absolute atomic E-state index is 0.000316. The zero-order valence-corrected chi connectivity index (χ0v) is 16.2. The predicted octanol–water partition coefficient (Wildman–Crippen LogP) is 4.25. The van der Waals surface area contributed by atoms with Gasteiger partial charge in [0.1, 0.15) is 11.5 Å². The molecular formula is C24H16O7. The number of carbonyl (C=O) groups is 1. The van der Waals surface area contributed by atoms with Gasteiger partial charge in [0.25, 0.3) is 0 Å². The molecule has 0 aromatic heterocycles. The number of phenolic OH excluding ortho intramolecular Hbond substituents is 1. The average molecular weight is 416 g/mol. The fraction of sp³-hybridized carbons (Fsp3) is 0.125. The molecule has 1 atom stereocenters. The summed E-state index contributed by atoms with van der Waals surface area (Å²) in [5.41, 5.74) is 2.26. The Morgan fingerprint density at radius 3 is 2.26 bits per heavy atom. The monoisotopic (exact) mass is 416 g/mol. The fourth-order valence-corrected chi connectivity index (χ4v) is 3.91. The van der Waals surface area contributed by atoms with Crippen LogP contribution in [-0.2, 0) is 0 Å². The molecule has 31 heavy (non-hydrogen) atoms. The number of ether oxygens (including phenoxy) is 5. The zero-order chi connectivity index (χ0) is 20.9. The van der Waals surface area contributed by atoms with Crippen molar-refractivity contribution < 1.29 is 33.6 Å². The Labute approximate surface area is 177 Å². The summed E-state index contributed by atoms with van der Waals surface area (Å²) in [6.45, 7) is 0.328. The molecule has 1 unspecified atom stereocenters. The van der Waals surface area contributed by atoms with Gasteiger partial charge in [-0.25, -0.2) is 0 Å². The second-order valence-electron chi connectivity index (χ2n) is 7.33. The lowest BCUT2D eigenvalue weighted by molar-refractivity contribution is 0.0962. The highest BCUT2D eigenvalue weighted by atomic mass is 16.7. The van der Waals surface area contributed by atoms with E-state index in [1.165, 1.54) is 12.1 Å². The first-order valence-electron chi connectivity index (χ1n) is 9.71. The number of carbonyl (C=O) groups excluding carboxylic acids is 1. The molecule has 3 heterocycles. The van der Waals surface area contributed by atoms with E-state index in [-0.39, 0.29) is 25.1 Å². The molecule has 3 aromatic carbocycles. The SMILES string of the molecule is O=C1/C(=C\c2ccc3c(c2)OCO3)C(c2ccc3c(c2)OCO3)Oc2ccc(O)cc21. The summed E-state index contributed by atoms with van der Waals surface area (Å²) in [6, 6.07) is 15.5. The third-order valence-electron chi connectivity index (χ3n) is 5.42. The maximum atomic E-state index is 13.5. The molecule has 7 heteroatoms. The second-order valence-corrected chi connectivity index (χ2v) is 7.33. The maximum absolute atomic E-state index is 13.5. The van der Waals surface area contributed by atoms with Crippen LogP contribution in [0.15, 0.2) is 60.2 Å². The van der Waals surface area contributed by atoms with Crippen LogP contribution in [0.2, 0.25) is 0 Å². The van der Waals surface area contributed by atoms with Crippen molar-refractivity contribution in [3.8, 4) is 34.5 Å². The van der Waals surface area contributed by atoms with E-state index in [4.69, 9.17) is 23.7 Å². The first-order chi connectivity index (χ1) is 15.2. The summed E-state index contributed by atoms with van der Waals surface area (Å²) >= 11 is 0. The first-order valence-corrected chi connectivity index (χ1v) is 9.71. The van der Waals surface area contributed by atoms with Crippen LogP contribution < -0.4 is 23.7 Å². The Hall–Kier alpha value is -4.13.